The monoisotopic (exact) mass is 300 g/mol. The van der Waals surface area contributed by atoms with Gasteiger partial charge in [0, 0.05) is 12.6 Å². The van der Waals surface area contributed by atoms with Crippen molar-refractivity contribution in [3.8, 4) is 0 Å². The van der Waals surface area contributed by atoms with E-state index in [0.29, 0.717) is 10.6 Å². The normalized spacial score (nSPS) is 12.0. The molecule has 0 fully saturated rings. The fraction of sp³-hybridized carbons (Fsp3) is 0.143. The lowest BCUT2D eigenvalue weighted by Gasteiger charge is -2.01. The third-order valence-electron chi connectivity index (χ3n) is 2.98. The topological polar surface area (TPSA) is 80.9 Å². The van der Waals surface area contributed by atoms with E-state index >= 15 is 0 Å². The highest BCUT2D eigenvalue weighted by atomic mass is 32.1. The molecule has 0 aliphatic heterocycles. The van der Waals surface area contributed by atoms with Gasteiger partial charge in [0.1, 0.15) is 5.01 Å². The van der Waals surface area contributed by atoms with Gasteiger partial charge in [-0.25, -0.2) is 9.67 Å². The van der Waals surface area contributed by atoms with Gasteiger partial charge in [0.25, 0.3) is 0 Å². The lowest BCUT2D eigenvalue weighted by atomic mass is 10.1. The Bertz CT molecular complexity index is 801. The van der Waals surface area contributed by atoms with E-state index in [1.54, 1.807) is 24.0 Å². The molecule has 3 rings (SSSR count). The third-order valence-corrected chi connectivity index (χ3v) is 4.09. The summed E-state index contributed by atoms with van der Waals surface area (Å²) in [5.41, 5.74) is 2.26. The number of hydrogen-bond acceptors (Lipinski definition) is 5. The predicted octanol–water partition coefficient (Wildman–Crippen LogP) is 2.44. The second-order valence-electron chi connectivity index (χ2n) is 4.51. The Morgan fingerprint density at radius 3 is 2.90 bits per heavy atom. The van der Waals surface area contributed by atoms with E-state index in [2.05, 4.69) is 15.3 Å². The zero-order valence-corrected chi connectivity index (χ0v) is 12.0. The molecule has 3 aromatic rings. The van der Waals surface area contributed by atoms with Crippen molar-refractivity contribution in [3.63, 3.8) is 0 Å². The van der Waals surface area contributed by atoms with Gasteiger partial charge in [0.15, 0.2) is 0 Å². The molecule has 0 radical (unpaired) electrons. The Kier molecular flexibility index (Phi) is 3.49. The zero-order chi connectivity index (χ0) is 14.8. The van der Waals surface area contributed by atoms with Gasteiger partial charge < -0.3 is 5.11 Å². The van der Waals surface area contributed by atoms with E-state index in [4.69, 9.17) is 5.11 Å². The molecule has 6 nitrogen and oxygen atoms in total. The highest BCUT2D eigenvalue weighted by Gasteiger charge is 2.13. The molecule has 0 bridgehead atoms. The lowest BCUT2D eigenvalue weighted by molar-refractivity contribution is -0.135. The molecule has 106 valence electrons. The highest BCUT2D eigenvalue weighted by Crippen LogP contribution is 2.29. The maximum atomic E-state index is 11.1. The van der Waals surface area contributed by atoms with Gasteiger partial charge in [-0.05, 0) is 18.2 Å². The first kappa shape index (κ1) is 13.4. The number of carbonyl (C=O) groups is 1. The second-order valence-corrected chi connectivity index (χ2v) is 5.54. The first-order valence-electron chi connectivity index (χ1n) is 6.26. The Hall–Kier alpha value is -2.54. The van der Waals surface area contributed by atoms with Crippen molar-refractivity contribution in [2.24, 2.45) is 7.05 Å². The van der Waals surface area contributed by atoms with E-state index in [-0.39, 0.29) is 6.42 Å². The van der Waals surface area contributed by atoms with Crippen LogP contribution in [0, 0.1) is 0 Å². The van der Waals surface area contributed by atoms with E-state index in [1.165, 1.54) is 11.3 Å². The maximum Gasteiger partial charge on any atom is 0.307 e. The molecule has 0 saturated heterocycles. The summed E-state index contributed by atoms with van der Waals surface area (Å²) in [5, 5.41) is 17.5. The van der Waals surface area contributed by atoms with Crippen LogP contribution in [0.2, 0.25) is 0 Å². The summed E-state index contributed by atoms with van der Waals surface area (Å²) in [6.07, 6.45) is 3.27. The van der Waals surface area contributed by atoms with Crippen molar-refractivity contribution in [1.82, 2.24) is 20.0 Å². The van der Waals surface area contributed by atoms with Crippen LogP contribution < -0.4 is 0 Å². The van der Waals surface area contributed by atoms with E-state index in [0.717, 1.165) is 15.9 Å². The number of thiazole rings is 1. The molecule has 7 heteroatoms. The van der Waals surface area contributed by atoms with Gasteiger partial charge in [-0.3, -0.25) is 4.79 Å². The summed E-state index contributed by atoms with van der Waals surface area (Å²) < 4.78 is 2.63. The number of carboxylic acid groups (broad SMARTS) is 1. The van der Waals surface area contributed by atoms with E-state index < -0.39 is 5.97 Å². The molecule has 2 aromatic heterocycles. The quantitative estimate of drug-likeness (QED) is 0.800. The first-order chi connectivity index (χ1) is 10.1. The number of benzene rings is 1. The Morgan fingerprint density at radius 1 is 1.43 bits per heavy atom. The summed E-state index contributed by atoms with van der Waals surface area (Å²) in [7, 11) is 1.76. The molecular weight excluding hydrogens is 288 g/mol. The fourth-order valence-corrected chi connectivity index (χ4v) is 2.95. The van der Waals surface area contributed by atoms with Gasteiger partial charge >= 0.3 is 5.97 Å². The van der Waals surface area contributed by atoms with Crippen LogP contribution in [-0.2, 0) is 11.8 Å². The summed E-state index contributed by atoms with van der Waals surface area (Å²) in [5.74, 6) is -0.893. The molecule has 0 saturated carbocycles. The number of hydrogen-bond donors (Lipinski definition) is 1. The predicted molar refractivity (Wildman–Crippen MR) is 80.7 cm³/mol. The molecular formula is C14H12N4O2S. The van der Waals surface area contributed by atoms with Gasteiger partial charge in [-0.2, -0.15) is 0 Å². The van der Waals surface area contributed by atoms with Crippen molar-refractivity contribution in [1.29, 1.82) is 0 Å². The number of rotatable bonds is 4. The molecule has 2 heterocycles. The number of aliphatic carboxylic acids is 1. The zero-order valence-electron chi connectivity index (χ0n) is 11.2. The van der Waals surface area contributed by atoms with Crippen LogP contribution in [0.5, 0.6) is 0 Å². The van der Waals surface area contributed by atoms with E-state index in [1.807, 2.05) is 24.3 Å². The Morgan fingerprint density at radius 2 is 2.24 bits per heavy atom. The van der Waals surface area contributed by atoms with Crippen LogP contribution in [0.1, 0.15) is 17.1 Å². The fourth-order valence-electron chi connectivity index (χ4n) is 1.97. The number of carboxylic acids is 1. The lowest BCUT2D eigenvalue weighted by Crippen LogP contribution is -1.99. The molecule has 0 atom stereocenters. The van der Waals surface area contributed by atoms with Crippen molar-refractivity contribution < 1.29 is 9.90 Å². The smallest absolute Gasteiger partial charge is 0.307 e. The third kappa shape index (κ3) is 2.82. The molecule has 21 heavy (non-hydrogen) atoms. The van der Waals surface area contributed by atoms with Crippen LogP contribution in [0.3, 0.4) is 0 Å². The van der Waals surface area contributed by atoms with Gasteiger partial charge in [0.2, 0.25) is 0 Å². The van der Waals surface area contributed by atoms with Crippen LogP contribution in [0.15, 0.2) is 30.5 Å². The van der Waals surface area contributed by atoms with Crippen LogP contribution in [-0.4, -0.2) is 31.1 Å². The summed E-state index contributed by atoms with van der Waals surface area (Å²) >= 11 is 1.48. The Balaban J connectivity index is 2.08. The summed E-state index contributed by atoms with van der Waals surface area (Å²) in [6, 6.07) is 7.74. The van der Waals surface area contributed by atoms with Crippen LogP contribution in [0.25, 0.3) is 21.9 Å². The van der Waals surface area contributed by atoms with Crippen molar-refractivity contribution in [3.05, 3.63) is 41.2 Å². The number of fused-ring (bicyclic) bond motifs is 1. The SMILES string of the molecule is Cn1nncc1C=C(CC(=O)O)c1nc2ccccc2s1. The molecule has 0 aliphatic rings. The van der Waals surface area contributed by atoms with Gasteiger partial charge in [-0.1, -0.05) is 17.3 Å². The maximum absolute atomic E-state index is 11.1. The number of aryl methyl sites for hydroxylation is 1. The molecule has 1 N–H and O–H groups in total. The van der Waals surface area contributed by atoms with Crippen LogP contribution >= 0.6 is 11.3 Å². The van der Waals surface area contributed by atoms with Crippen molar-refractivity contribution in [2.75, 3.05) is 0 Å². The van der Waals surface area contributed by atoms with Crippen molar-refractivity contribution >= 4 is 39.2 Å². The molecule has 0 unspecified atom stereocenters. The molecule has 0 aliphatic carbocycles. The standard InChI is InChI=1S/C14H12N4O2S/c1-18-10(8-15-17-18)6-9(7-13(19)20)14-16-11-4-2-3-5-12(11)21-14/h2-6,8H,7H2,1H3,(H,19,20). The number of aromatic nitrogens is 4. The highest BCUT2D eigenvalue weighted by molar-refractivity contribution is 7.19. The van der Waals surface area contributed by atoms with Crippen molar-refractivity contribution in [2.45, 2.75) is 6.42 Å². The van der Waals surface area contributed by atoms with Crippen LogP contribution in [0.4, 0.5) is 0 Å². The average Bonchev–Trinajstić information content (AvgIpc) is 3.04. The average molecular weight is 300 g/mol. The molecule has 0 spiro atoms. The minimum atomic E-state index is -0.893. The number of nitrogens with zero attached hydrogens (tertiary/aromatic N) is 4. The Labute approximate surface area is 124 Å². The van der Waals surface area contributed by atoms with Gasteiger partial charge in [-0.15, -0.1) is 16.4 Å². The summed E-state index contributed by atoms with van der Waals surface area (Å²) in [4.78, 5) is 15.6. The molecule has 1 aromatic carbocycles. The summed E-state index contributed by atoms with van der Waals surface area (Å²) in [6.45, 7) is 0. The number of para-hydroxylation sites is 1. The second kappa shape index (κ2) is 5.45. The first-order valence-corrected chi connectivity index (χ1v) is 7.08. The largest absolute Gasteiger partial charge is 0.481 e. The minimum absolute atomic E-state index is 0.0923. The van der Waals surface area contributed by atoms with Gasteiger partial charge in [0.05, 0.1) is 28.5 Å². The minimum Gasteiger partial charge on any atom is -0.481 e. The van der Waals surface area contributed by atoms with E-state index in [9.17, 15) is 4.79 Å². The molecule has 0 amide bonds.